The van der Waals surface area contributed by atoms with Crippen LogP contribution in [0.2, 0.25) is 0 Å². The molecule has 1 saturated heterocycles. The highest BCUT2D eigenvalue weighted by Gasteiger charge is 2.26. The van der Waals surface area contributed by atoms with E-state index in [1.165, 1.54) is 0 Å². The molecule has 1 aromatic rings. The fraction of sp³-hybridized carbons (Fsp3) is 0.571. The predicted octanol–water partition coefficient (Wildman–Crippen LogP) is 1.21. The van der Waals surface area contributed by atoms with Gasteiger partial charge in [-0.25, -0.2) is 13.4 Å². The molecule has 1 fully saturated rings. The first-order chi connectivity index (χ1) is 10.00. The van der Waals surface area contributed by atoms with Crippen molar-refractivity contribution in [2.45, 2.75) is 32.2 Å². The Hall–Kier alpha value is -1.63. The predicted molar refractivity (Wildman–Crippen MR) is 82.2 cm³/mol. The van der Waals surface area contributed by atoms with Crippen molar-refractivity contribution in [2.75, 3.05) is 23.4 Å². The summed E-state index contributed by atoms with van der Waals surface area (Å²) < 4.78 is 23.2. The minimum absolute atomic E-state index is 0.0325. The van der Waals surface area contributed by atoms with Crippen molar-refractivity contribution >= 4 is 21.6 Å². The van der Waals surface area contributed by atoms with Gasteiger partial charge >= 0.3 is 0 Å². The largest absolute Gasteiger partial charge is 0.370 e. The van der Waals surface area contributed by atoms with Crippen LogP contribution in [-0.4, -0.2) is 43.4 Å². The van der Waals surface area contributed by atoms with Gasteiger partial charge in [-0.3, -0.25) is 4.79 Å². The minimum atomic E-state index is -3.02. The lowest BCUT2D eigenvalue weighted by Crippen LogP contribution is -2.43. The molecule has 0 aliphatic carbocycles. The number of carbonyl (C=O) groups excluding carboxylic acids is 1. The van der Waals surface area contributed by atoms with E-state index >= 15 is 0 Å². The molecular formula is C14H21N3O3S. The Morgan fingerprint density at radius 3 is 3.00 bits per heavy atom. The molecule has 0 spiro atoms. The Kier molecular flexibility index (Phi) is 5.17. The number of hydrogen-bond donors (Lipinski definition) is 2. The summed E-state index contributed by atoms with van der Waals surface area (Å²) in [6, 6.07) is 3.02. The Bertz CT molecular complexity index is 601. The average molecular weight is 311 g/mol. The van der Waals surface area contributed by atoms with Gasteiger partial charge in [-0.2, -0.15) is 0 Å². The van der Waals surface area contributed by atoms with E-state index in [1.54, 1.807) is 18.3 Å². The fourth-order valence-electron chi connectivity index (χ4n) is 2.33. The molecule has 2 heterocycles. The van der Waals surface area contributed by atoms with Gasteiger partial charge in [-0.1, -0.05) is 6.92 Å². The number of sulfone groups is 1. The SMILES string of the molecule is CCCNc1cc(C(=O)NC2CCCS(=O)(=O)C2)ccn1. The van der Waals surface area contributed by atoms with E-state index < -0.39 is 9.84 Å². The lowest BCUT2D eigenvalue weighted by Gasteiger charge is -2.23. The quantitative estimate of drug-likeness (QED) is 0.853. The molecule has 7 heteroatoms. The number of amides is 1. The topological polar surface area (TPSA) is 88.2 Å². The maximum Gasteiger partial charge on any atom is 0.251 e. The lowest BCUT2D eigenvalue weighted by atomic mass is 10.1. The number of hydrogen-bond acceptors (Lipinski definition) is 5. The number of anilines is 1. The normalized spacial score (nSPS) is 20.7. The molecule has 2 rings (SSSR count). The van der Waals surface area contributed by atoms with E-state index in [1.807, 2.05) is 6.92 Å². The maximum absolute atomic E-state index is 12.2. The van der Waals surface area contributed by atoms with Crippen LogP contribution in [0.1, 0.15) is 36.5 Å². The first kappa shape index (κ1) is 15.8. The molecule has 21 heavy (non-hydrogen) atoms. The third-order valence-corrected chi connectivity index (χ3v) is 5.20. The number of rotatable bonds is 5. The van der Waals surface area contributed by atoms with Crippen LogP contribution < -0.4 is 10.6 Å². The highest BCUT2D eigenvalue weighted by Crippen LogP contribution is 2.13. The number of carbonyl (C=O) groups is 1. The molecule has 0 saturated carbocycles. The molecule has 116 valence electrons. The zero-order chi connectivity index (χ0) is 15.3. The van der Waals surface area contributed by atoms with Crippen molar-refractivity contribution in [1.82, 2.24) is 10.3 Å². The van der Waals surface area contributed by atoms with Gasteiger partial charge in [0.05, 0.1) is 11.5 Å². The fourth-order valence-corrected chi connectivity index (χ4v) is 3.96. The van der Waals surface area contributed by atoms with Gasteiger partial charge in [0.1, 0.15) is 5.82 Å². The zero-order valence-corrected chi connectivity index (χ0v) is 12.9. The molecule has 0 aromatic carbocycles. The average Bonchev–Trinajstić information content (AvgIpc) is 2.44. The van der Waals surface area contributed by atoms with Crippen LogP contribution in [0, 0.1) is 0 Å². The Balaban J connectivity index is 1.99. The van der Waals surface area contributed by atoms with Gasteiger partial charge < -0.3 is 10.6 Å². The summed E-state index contributed by atoms with van der Waals surface area (Å²) >= 11 is 0. The summed E-state index contributed by atoms with van der Waals surface area (Å²) in [7, 11) is -3.02. The molecular weight excluding hydrogens is 290 g/mol. The summed E-state index contributed by atoms with van der Waals surface area (Å²) in [5.74, 6) is 0.657. The van der Waals surface area contributed by atoms with E-state index in [2.05, 4.69) is 15.6 Å². The Labute approximate surface area is 125 Å². The molecule has 0 radical (unpaired) electrons. The monoisotopic (exact) mass is 311 g/mol. The summed E-state index contributed by atoms with van der Waals surface area (Å²) in [6.07, 6.45) is 3.85. The summed E-state index contributed by atoms with van der Waals surface area (Å²) in [5, 5.41) is 5.92. The number of nitrogens with zero attached hydrogens (tertiary/aromatic N) is 1. The van der Waals surface area contributed by atoms with E-state index in [4.69, 9.17) is 0 Å². The molecule has 1 aliphatic heterocycles. The highest BCUT2D eigenvalue weighted by molar-refractivity contribution is 7.91. The first-order valence-electron chi connectivity index (χ1n) is 7.21. The Morgan fingerprint density at radius 2 is 2.29 bits per heavy atom. The molecule has 0 bridgehead atoms. The second-order valence-electron chi connectivity index (χ2n) is 5.28. The van der Waals surface area contributed by atoms with Crippen molar-refractivity contribution in [3.63, 3.8) is 0 Å². The third-order valence-electron chi connectivity index (χ3n) is 3.38. The van der Waals surface area contributed by atoms with E-state index in [0.717, 1.165) is 13.0 Å². The standard InChI is InChI=1S/C14H21N3O3S/c1-2-6-15-13-9-11(5-7-16-13)14(18)17-12-4-3-8-21(19,20)10-12/h5,7,9,12H,2-4,6,8,10H2,1H3,(H,15,16)(H,17,18). The smallest absolute Gasteiger partial charge is 0.251 e. The minimum Gasteiger partial charge on any atom is -0.370 e. The first-order valence-corrected chi connectivity index (χ1v) is 9.03. The van der Waals surface area contributed by atoms with Crippen molar-refractivity contribution < 1.29 is 13.2 Å². The van der Waals surface area contributed by atoms with Crippen LogP contribution in [0.5, 0.6) is 0 Å². The van der Waals surface area contributed by atoms with E-state index in [-0.39, 0.29) is 23.5 Å². The third kappa shape index (κ3) is 4.70. The second kappa shape index (κ2) is 6.89. The van der Waals surface area contributed by atoms with E-state index in [0.29, 0.717) is 24.2 Å². The summed E-state index contributed by atoms with van der Waals surface area (Å²) in [5.41, 5.74) is 0.492. The van der Waals surface area contributed by atoms with Gasteiger partial charge in [0.15, 0.2) is 9.84 Å². The number of pyridine rings is 1. The zero-order valence-electron chi connectivity index (χ0n) is 12.1. The summed E-state index contributed by atoms with van der Waals surface area (Å²) in [4.78, 5) is 16.3. The number of nitrogens with one attached hydrogen (secondary N) is 2. The molecule has 2 N–H and O–H groups in total. The van der Waals surface area contributed by atoms with Crippen LogP contribution in [0.4, 0.5) is 5.82 Å². The van der Waals surface area contributed by atoms with Gasteiger partial charge in [0, 0.05) is 24.3 Å². The van der Waals surface area contributed by atoms with Gasteiger partial charge in [0.2, 0.25) is 0 Å². The van der Waals surface area contributed by atoms with Crippen molar-refractivity contribution in [1.29, 1.82) is 0 Å². The molecule has 1 amide bonds. The molecule has 6 nitrogen and oxygen atoms in total. The van der Waals surface area contributed by atoms with Crippen LogP contribution in [0.3, 0.4) is 0 Å². The lowest BCUT2D eigenvalue weighted by molar-refractivity contribution is 0.0938. The van der Waals surface area contributed by atoms with Gasteiger partial charge in [-0.15, -0.1) is 0 Å². The summed E-state index contributed by atoms with van der Waals surface area (Å²) in [6.45, 7) is 2.84. The van der Waals surface area contributed by atoms with E-state index in [9.17, 15) is 13.2 Å². The number of aromatic nitrogens is 1. The second-order valence-corrected chi connectivity index (χ2v) is 7.51. The van der Waals surface area contributed by atoms with Crippen LogP contribution in [0.25, 0.3) is 0 Å². The maximum atomic E-state index is 12.2. The van der Waals surface area contributed by atoms with Gasteiger partial charge in [0.25, 0.3) is 5.91 Å². The molecule has 1 aliphatic rings. The van der Waals surface area contributed by atoms with Crippen molar-refractivity contribution in [2.24, 2.45) is 0 Å². The molecule has 1 aromatic heterocycles. The molecule has 1 atom stereocenters. The van der Waals surface area contributed by atoms with Crippen molar-refractivity contribution in [3.8, 4) is 0 Å². The van der Waals surface area contributed by atoms with Crippen LogP contribution in [0.15, 0.2) is 18.3 Å². The molecule has 1 unspecified atom stereocenters. The van der Waals surface area contributed by atoms with Crippen LogP contribution >= 0.6 is 0 Å². The van der Waals surface area contributed by atoms with Crippen molar-refractivity contribution in [3.05, 3.63) is 23.9 Å². The van der Waals surface area contributed by atoms with Gasteiger partial charge in [-0.05, 0) is 31.4 Å². The highest BCUT2D eigenvalue weighted by atomic mass is 32.2. The Morgan fingerprint density at radius 1 is 1.48 bits per heavy atom. The van der Waals surface area contributed by atoms with Crippen LogP contribution in [-0.2, 0) is 9.84 Å².